The van der Waals surface area contributed by atoms with E-state index < -0.39 is 18.4 Å². The minimum absolute atomic E-state index is 0.359. The predicted molar refractivity (Wildman–Crippen MR) is 76.6 cm³/mol. The molecule has 3 N–H and O–H groups in total. The van der Waals surface area contributed by atoms with E-state index in [-0.39, 0.29) is 0 Å². The van der Waals surface area contributed by atoms with Crippen LogP contribution < -0.4 is 10.6 Å². The van der Waals surface area contributed by atoms with Crippen LogP contribution in [-0.2, 0) is 4.79 Å². The lowest BCUT2D eigenvalue weighted by molar-refractivity contribution is -0.135. The Hall–Kier alpha value is -2.82. The number of anilines is 2. The maximum atomic E-state index is 12.4. The number of carbonyl (C=O) groups is 2. The number of aliphatic carboxylic acids is 1. The summed E-state index contributed by atoms with van der Waals surface area (Å²) in [6.07, 6.45) is 0. The van der Waals surface area contributed by atoms with Crippen molar-refractivity contribution in [2.45, 2.75) is 0 Å². The Morgan fingerprint density at radius 2 is 1.60 bits per heavy atom. The van der Waals surface area contributed by atoms with Crippen LogP contribution in [0.1, 0.15) is 10.4 Å². The first-order chi connectivity index (χ1) is 9.59. The van der Waals surface area contributed by atoms with Gasteiger partial charge in [0.25, 0.3) is 5.91 Å². The van der Waals surface area contributed by atoms with E-state index in [0.29, 0.717) is 16.9 Å². The van der Waals surface area contributed by atoms with E-state index >= 15 is 0 Å². The number of carbonyl (C=O) groups excluding carboxylic acids is 1. The monoisotopic (exact) mass is 270 g/mol. The van der Waals surface area contributed by atoms with Crippen molar-refractivity contribution < 1.29 is 14.7 Å². The molecule has 0 fully saturated rings. The Bertz CT molecular complexity index is 626. The maximum absolute atomic E-state index is 12.4. The number of para-hydroxylation sites is 2. The Kier molecular flexibility index (Phi) is 4.00. The number of benzene rings is 2. The largest absolute Gasteiger partial charge is 0.480 e. The number of nitrogen functional groups attached to an aromatic ring is 1. The Morgan fingerprint density at radius 3 is 2.20 bits per heavy atom. The zero-order chi connectivity index (χ0) is 14.5. The molecular weight excluding hydrogens is 256 g/mol. The minimum Gasteiger partial charge on any atom is -0.480 e. The van der Waals surface area contributed by atoms with E-state index in [0.717, 1.165) is 4.90 Å². The number of amides is 1. The van der Waals surface area contributed by atoms with E-state index in [1.165, 1.54) is 0 Å². The molecule has 2 rings (SSSR count). The molecule has 0 atom stereocenters. The second-order valence-corrected chi connectivity index (χ2v) is 4.21. The van der Waals surface area contributed by atoms with E-state index in [4.69, 9.17) is 10.8 Å². The highest BCUT2D eigenvalue weighted by atomic mass is 16.4. The number of carboxylic acid groups (broad SMARTS) is 1. The quantitative estimate of drug-likeness (QED) is 0.832. The van der Waals surface area contributed by atoms with Crippen LogP contribution in [0, 0.1) is 0 Å². The summed E-state index contributed by atoms with van der Waals surface area (Å²) in [5.41, 5.74) is 6.99. The van der Waals surface area contributed by atoms with Crippen molar-refractivity contribution in [2.75, 3.05) is 17.2 Å². The molecule has 0 unspecified atom stereocenters. The average molecular weight is 270 g/mol. The van der Waals surface area contributed by atoms with Crippen LogP contribution in [0.3, 0.4) is 0 Å². The molecule has 0 saturated heterocycles. The molecule has 20 heavy (non-hydrogen) atoms. The molecule has 0 heterocycles. The summed E-state index contributed by atoms with van der Waals surface area (Å²) < 4.78 is 0. The minimum atomic E-state index is -1.10. The number of hydrogen-bond donors (Lipinski definition) is 2. The summed E-state index contributed by atoms with van der Waals surface area (Å²) >= 11 is 0. The predicted octanol–water partition coefficient (Wildman–Crippen LogP) is 2.00. The molecule has 0 aliphatic heterocycles. The van der Waals surface area contributed by atoms with E-state index in [2.05, 4.69) is 0 Å². The fraction of sp³-hybridized carbons (Fsp3) is 0.0667. The molecule has 1 amide bonds. The van der Waals surface area contributed by atoms with Crippen LogP contribution in [0.2, 0.25) is 0 Å². The summed E-state index contributed by atoms with van der Waals surface area (Å²) in [4.78, 5) is 24.6. The molecule has 0 saturated carbocycles. The second kappa shape index (κ2) is 5.88. The smallest absolute Gasteiger partial charge is 0.323 e. The van der Waals surface area contributed by atoms with Gasteiger partial charge in [0.15, 0.2) is 0 Å². The molecule has 102 valence electrons. The van der Waals surface area contributed by atoms with Gasteiger partial charge in [0.2, 0.25) is 0 Å². The first-order valence-electron chi connectivity index (χ1n) is 6.03. The standard InChI is InChI=1S/C15H14N2O3/c16-12-8-4-5-9-13(12)17(10-14(18)19)15(20)11-6-2-1-3-7-11/h1-9H,10,16H2,(H,18,19). The molecule has 0 aliphatic carbocycles. The fourth-order valence-corrected chi connectivity index (χ4v) is 1.87. The highest BCUT2D eigenvalue weighted by Crippen LogP contribution is 2.24. The van der Waals surface area contributed by atoms with Crippen LogP contribution >= 0.6 is 0 Å². The number of hydrogen-bond acceptors (Lipinski definition) is 3. The van der Waals surface area contributed by atoms with Gasteiger partial charge < -0.3 is 10.8 Å². The molecule has 0 aromatic heterocycles. The molecule has 0 radical (unpaired) electrons. The summed E-state index contributed by atoms with van der Waals surface area (Å²) in [5, 5.41) is 9.00. The first-order valence-corrected chi connectivity index (χ1v) is 6.03. The van der Waals surface area contributed by atoms with Gasteiger partial charge in [-0.3, -0.25) is 14.5 Å². The summed E-state index contributed by atoms with van der Waals surface area (Å²) in [6, 6.07) is 15.2. The highest BCUT2D eigenvalue weighted by molar-refractivity contribution is 6.09. The molecule has 5 nitrogen and oxygen atoms in total. The molecule has 0 bridgehead atoms. The van der Waals surface area contributed by atoms with Gasteiger partial charge in [0.1, 0.15) is 6.54 Å². The van der Waals surface area contributed by atoms with Gasteiger partial charge in [-0.1, -0.05) is 30.3 Å². The number of rotatable bonds is 4. The van der Waals surface area contributed by atoms with Gasteiger partial charge in [-0.05, 0) is 24.3 Å². The van der Waals surface area contributed by atoms with Gasteiger partial charge in [-0.15, -0.1) is 0 Å². The van der Waals surface area contributed by atoms with Crippen molar-refractivity contribution in [1.29, 1.82) is 0 Å². The SMILES string of the molecule is Nc1ccccc1N(CC(=O)O)C(=O)c1ccccc1. The molecule has 5 heteroatoms. The summed E-state index contributed by atoms with van der Waals surface area (Å²) in [6.45, 7) is -0.443. The van der Waals surface area contributed by atoms with Crippen molar-refractivity contribution in [3.8, 4) is 0 Å². The third-order valence-electron chi connectivity index (χ3n) is 2.79. The van der Waals surface area contributed by atoms with Crippen molar-refractivity contribution in [3.63, 3.8) is 0 Å². The van der Waals surface area contributed by atoms with Crippen LogP contribution in [0.5, 0.6) is 0 Å². The van der Waals surface area contributed by atoms with Crippen molar-refractivity contribution in [2.24, 2.45) is 0 Å². The van der Waals surface area contributed by atoms with E-state index in [1.54, 1.807) is 54.6 Å². The molecule has 2 aromatic carbocycles. The number of carboxylic acids is 1. The Labute approximate surface area is 116 Å². The summed E-state index contributed by atoms with van der Waals surface area (Å²) in [5.74, 6) is -1.50. The van der Waals surface area contributed by atoms with E-state index in [1.807, 2.05) is 0 Å². The molecule has 0 aliphatic rings. The van der Waals surface area contributed by atoms with Gasteiger partial charge in [-0.2, -0.15) is 0 Å². The van der Waals surface area contributed by atoms with Crippen LogP contribution in [0.4, 0.5) is 11.4 Å². The van der Waals surface area contributed by atoms with Crippen molar-refractivity contribution in [3.05, 3.63) is 60.2 Å². The van der Waals surface area contributed by atoms with Crippen LogP contribution in [-0.4, -0.2) is 23.5 Å². The van der Waals surface area contributed by atoms with Gasteiger partial charge in [-0.25, -0.2) is 0 Å². The van der Waals surface area contributed by atoms with Crippen molar-refractivity contribution in [1.82, 2.24) is 0 Å². The fourth-order valence-electron chi connectivity index (χ4n) is 1.87. The van der Waals surface area contributed by atoms with Gasteiger partial charge >= 0.3 is 5.97 Å². The molecule has 0 spiro atoms. The van der Waals surface area contributed by atoms with Crippen molar-refractivity contribution >= 4 is 23.3 Å². The number of nitrogens with two attached hydrogens (primary N) is 1. The zero-order valence-corrected chi connectivity index (χ0v) is 10.7. The normalized spacial score (nSPS) is 10.0. The van der Waals surface area contributed by atoms with Crippen LogP contribution in [0.25, 0.3) is 0 Å². The highest BCUT2D eigenvalue weighted by Gasteiger charge is 2.21. The molecule has 2 aromatic rings. The third-order valence-corrected chi connectivity index (χ3v) is 2.79. The topological polar surface area (TPSA) is 83.6 Å². The summed E-state index contributed by atoms with van der Waals surface area (Å²) in [7, 11) is 0. The lowest BCUT2D eigenvalue weighted by atomic mass is 10.1. The second-order valence-electron chi connectivity index (χ2n) is 4.21. The average Bonchev–Trinajstić information content (AvgIpc) is 2.46. The van der Waals surface area contributed by atoms with E-state index in [9.17, 15) is 9.59 Å². The van der Waals surface area contributed by atoms with Gasteiger partial charge in [0, 0.05) is 5.56 Å². The lowest BCUT2D eigenvalue weighted by Gasteiger charge is -2.22. The van der Waals surface area contributed by atoms with Crippen LogP contribution in [0.15, 0.2) is 54.6 Å². The first kappa shape index (κ1) is 13.6. The molecular formula is C15H14N2O3. The Morgan fingerprint density at radius 1 is 1.00 bits per heavy atom. The number of nitrogens with zero attached hydrogens (tertiary/aromatic N) is 1. The zero-order valence-electron chi connectivity index (χ0n) is 10.7. The maximum Gasteiger partial charge on any atom is 0.323 e. The van der Waals surface area contributed by atoms with Gasteiger partial charge in [0.05, 0.1) is 11.4 Å². The Balaban J connectivity index is 2.41. The lowest BCUT2D eigenvalue weighted by Crippen LogP contribution is -2.36. The third kappa shape index (κ3) is 2.95.